The number of benzene rings is 1. The Morgan fingerprint density at radius 1 is 1.47 bits per heavy atom. The van der Waals surface area contributed by atoms with Crippen LogP contribution in [0.2, 0.25) is 0 Å². The lowest BCUT2D eigenvalue weighted by Gasteiger charge is -2.06. The number of aryl methyl sites for hydroxylation is 1. The highest BCUT2D eigenvalue weighted by Crippen LogP contribution is 2.12. The third-order valence-corrected chi connectivity index (χ3v) is 1.93. The molecule has 0 bridgehead atoms. The molecule has 1 rings (SSSR count). The van der Waals surface area contributed by atoms with Gasteiger partial charge in [0.25, 0.3) is 0 Å². The van der Waals surface area contributed by atoms with Crippen LogP contribution in [0.15, 0.2) is 18.2 Å². The fraction of sp³-hybridized carbons (Fsp3) is 0.364. The van der Waals surface area contributed by atoms with Crippen LogP contribution in [-0.4, -0.2) is 19.6 Å². The van der Waals surface area contributed by atoms with Gasteiger partial charge in [0, 0.05) is 12.2 Å². The molecule has 0 spiro atoms. The number of hydrogen-bond acceptors (Lipinski definition) is 3. The summed E-state index contributed by atoms with van der Waals surface area (Å²) in [5.41, 5.74) is 1.52. The number of ether oxygens (including phenoxy) is 1. The van der Waals surface area contributed by atoms with E-state index in [1.165, 1.54) is 19.2 Å². The van der Waals surface area contributed by atoms with Gasteiger partial charge in [-0.1, -0.05) is 0 Å². The van der Waals surface area contributed by atoms with E-state index in [1.54, 1.807) is 0 Å². The lowest BCUT2D eigenvalue weighted by atomic mass is 10.2. The quantitative estimate of drug-likeness (QED) is 0.775. The molecule has 0 aliphatic heterocycles. The Hall–Kier alpha value is -1.58. The van der Waals surface area contributed by atoms with Gasteiger partial charge in [-0.25, -0.2) is 4.39 Å². The Morgan fingerprint density at radius 3 is 2.80 bits per heavy atom. The number of halogens is 1. The maximum atomic E-state index is 12.9. The van der Waals surface area contributed by atoms with Crippen molar-refractivity contribution in [3.8, 4) is 0 Å². The number of methoxy groups -OCH3 is 1. The van der Waals surface area contributed by atoms with Gasteiger partial charge >= 0.3 is 5.97 Å². The molecule has 1 aromatic rings. The zero-order valence-electron chi connectivity index (χ0n) is 8.84. The maximum absolute atomic E-state index is 12.9. The van der Waals surface area contributed by atoms with Crippen molar-refractivity contribution in [2.45, 2.75) is 13.3 Å². The van der Waals surface area contributed by atoms with Gasteiger partial charge < -0.3 is 10.1 Å². The highest BCUT2D eigenvalue weighted by Gasteiger charge is 2.00. The standard InChI is InChI=1S/C11H14FNO2/c1-8-5-9(12)7-10(6-8)13-4-3-11(14)15-2/h5-7,13H,3-4H2,1-2H3. The first-order valence-corrected chi connectivity index (χ1v) is 4.69. The van der Waals surface area contributed by atoms with Crippen LogP contribution in [-0.2, 0) is 9.53 Å². The van der Waals surface area contributed by atoms with Gasteiger partial charge in [0.05, 0.1) is 13.5 Å². The first-order valence-electron chi connectivity index (χ1n) is 4.69. The van der Waals surface area contributed by atoms with E-state index < -0.39 is 0 Å². The zero-order valence-corrected chi connectivity index (χ0v) is 8.84. The molecule has 0 saturated heterocycles. The summed E-state index contributed by atoms with van der Waals surface area (Å²) in [7, 11) is 1.34. The molecule has 1 aromatic carbocycles. The molecule has 0 unspecified atom stereocenters. The first kappa shape index (κ1) is 11.5. The van der Waals surface area contributed by atoms with Crippen LogP contribution >= 0.6 is 0 Å². The van der Waals surface area contributed by atoms with E-state index in [4.69, 9.17) is 0 Å². The number of nitrogens with one attached hydrogen (secondary N) is 1. The predicted octanol–water partition coefficient (Wildman–Crippen LogP) is 2.11. The average molecular weight is 211 g/mol. The molecule has 15 heavy (non-hydrogen) atoms. The molecule has 0 atom stereocenters. The normalized spacial score (nSPS) is 9.80. The summed E-state index contributed by atoms with van der Waals surface area (Å²) in [6.07, 6.45) is 0.270. The van der Waals surface area contributed by atoms with Crippen molar-refractivity contribution in [1.82, 2.24) is 0 Å². The van der Waals surface area contributed by atoms with E-state index in [9.17, 15) is 9.18 Å². The summed E-state index contributed by atoms with van der Waals surface area (Å²) >= 11 is 0. The lowest BCUT2D eigenvalue weighted by molar-refractivity contribution is -0.140. The average Bonchev–Trinajstić information content (AvgIpc) is 2.16. The minimum absolute atomic E-state index is 0.270. The zero-order chi connectivity index (χ0) is 11.3. The van der Waals surface area contributed by atoms with Crippen LogP contribution in [0.25, 0.3) is 0 Å². The summed E-state index contributed by atoms with van der Waals surface area (Å²) in [4.78, 5) is 10.8. The van der Waals surface area contributed by atoms with Gasteiger partial charge in [-0.05, 0) is 30.7 Å². The number of hydrogen-bond donors (Lipinski definition) is 1. The minimum atomic E-state index is -0.282. The van der Waals surface area contributed by atoms with Crippen molar-refractivity contribution in [1.29, 1.82) is 0 Å². The molecular formula is C11H14FNO2. The summed E-state index contributed by atoms with van der Waals surface area (Å²) in [5.74, 6) is -0.564. The van der Waals surface area contributed by atoms with Gasteiger partial charge in [-0.2, -0.15) is 0 Å². The molecule has 0 heterocycles. The fourth-order valence-corrected chi connectivity index (χ4v) is 1.25. The van der Waals surface area contributed by atoms with Gasteiger partial charge in [0.15, 0.2) is 0 Å². The van der Waals surface area contributed by atoms with Crippen molar-refractivity contribution in [2.75, 3.05) is 19.0 Å². The van der Waals surface area contributed by atoms with E-state index in [-0.39, 0.29) is 18.2 Å². The predicted molar refractivity (Wildman–Crippen MR) is 56.3 cm³/mol. The second-order valence-corrected chi connectivity index (χ2v) is 3.27. The Labute approximate surface area is 88.2 Å². The number of esters is 1. The number of carbonyl (C=O) groups is 1. The number of anilines is 1. The van der Waals surface area contributed by atoms with Crippen LogP contribution in [0, 0.1) is 12.7 Å². The molecule has 0 radical (unpaired) electrons. The topological polar surface area (TPSA) is 38.3 Å². The Morgan fingerprint density at radius 2 is 2.20 bits per heavy atom. The first-order chi connectivity index (χ1) is 7.11. The van der Waals surface area contributed by atoms with Crippen molar-refractivity contribution >= 4 is 11.7 Å². The minimum Gasteiger partial charge on any atom is -0.469 e. The summed E-state index contributed by atoms with van der Waals surface area (Å²) < 4.78 is 17.4. The van der Waals surface area contributed by atoms with E-state index in [0.717, 1.165) is 5.56 Å². The van der Waals surface area contributed by atoms with Crippen LogP contribution in [0.1, 0.15) is 12.0 Å². The third-order valence-electron chi connectivity index (χ3n) is 1.93. The van der Waals surface area contributed by atoms with Crippen LogP contribution in [0.4, 0.5) is 10.1 Å². The lowest BCUT2D eigenvalue weighted by Crippen LogP contribution is -2.09. The van der Waals surface area contributed by atoms with Crippen LogP contribution in [0.5, 0.6) is 0 Å². The summed E-state index contributed by atoms with van der Waals surface area (Å²) in [6, 6.07) is 4.66. The summed E-state index contributed by atoms with van der Waals surface area (Å²) in [6.45, 7) is 2.25. The van der Waals surface area contributed by atoms with E-state index >= 15 is 0 Å². The smallest absolute Gasteiger partial charge is 0.307 e. The Balaban J connectivity index is 2.47. The Bertz CT molecular complexity index is 332. The van der Waals surface area contributed by atoms with Crippen molar-refractivity contribution in [3.63, 3.8) is 0 Å². The number of rotatable bonds is 4. The molecule has 0 fully saturated rings. The van der Waals surface area contributed by atoms with Crippen molar-refractivity contribution < 1.29 is 13.9 Å². The Kier molecular flexibility index (Phi) is 4.09. The highest BCUT2D eigenvalue weighted by molar-refractivity contribution is 5.69. The van der Waals surface area contributed by atoms with Crippen LogP contribution in [0.3, 0.4) is 0 Å². The van der Waals surface area contributed by atoms with Crippen LogP contribution < -0.4 is 5.32 Å². The molecule has 1 N–H and O–H groups in total. The fourth-order valence-electron chi connectivity index (χ4n) is 1.25. The second kappa shape index (κ2) is 5.34. The molecule has 0 aliphatic carbocycles. The van der Waals surface area contributed by atoms with E-state index in [2.05, 4.69) is 10.1 Å². The van der Waals surface area contributed by atoms with Gasteiger partial charge in [-0.15, -0.1) is 0 Å². The van der Waals surface area contributed by atoms with E-state index in [1.807, 2.05) is 13.0 Å². The molecule has 0 aliphatic rings. The maximum Gasteiger partial charge on any atom is 0.307 e. The van der Waals surface area contributed by atoms with Crippen molar-refractivity contribution in [2.24, 2.45) is 0 Å². The molecular weight excluding hydrogens is 197 g/mol. The number of carbonyl (C=O) groups excluding carboxylic acids is 1. The van der Waals surface area contributed by atoms with Gasteiger partial charge in [0.2, 0.25) is 0 Å². The molecule has 0 amide bonds. The van der Waals surface area contributed by atoms with E-state index in [0.29, 0.717) is 12.2 Å². The van der Waals surface area contributed by atoms with Gasteiger partial charge in [0.1, 0.15) is 5.82 Å². The molecule has 82 valence electrons. The molecule has 0 aromatic heterocycles. The van der Waals surface area contributed by atoms with Gasteiger partial charge in [-0.3, -0.25) is 4.79 Å². The SMILES string of the molecule is COC(=O)CCNc1cc(C)cc(F)c1. The molecule has 4 heteroatoms. The monoisotopic (exact) mass is 211 g/mol. The molecule has 3 nitrogen and oxygen atoms in total. The molecule has 0 saturated carbocycles. The second-order valence-electron chi connectivity index (χ2n) is 3.27. The summed E-state index contributed by atoms with van der Waals surface area (Å²) in [5, 5.41) is 2.95. The van der Waals surface area contributed by atoms with Crippen molar-refractivity contribution in [3.05, 3.63) is 29.6 Å². The largest absolute Gasteiger partial charge is 0.469 e. The highest BCUT2D eigenvalue weighted by atomic mass is 19.1. The third kappa shape index (κ3) is 3.97.